The van der Waals surface area contributed by atoms with Crippen LogP contribution in [0.5, 0.6) is 11.5 Å². The van der Waals surface area contributed by atoms with Gasteiger partial charge in [0.2, 0.25) is 0 Å². The Balaban J connectivity index is 2.03. The lowest BCUT2D eigenvalue weighted by Crippen LogP contribution is -2.16. The predicted molar refractivity (Wildman–Crippen MR) is 107 cm³/mol. The molecule has 2 aromatic carbocycles. The summed E-state index contributed by atoms with van der Waals surface area (Å²) in [6, 6.07) is 12.7. The molecular formula is C21H20N2O3S. The number of hydrogen-bond acceptors (Lipinski definition) is 4. The number of benzene rings is 2. The summed E-state index contributed by atoms with van der Waals surface area (Å²) in [4.78, 5) is 17.5. The van der Waals surface area contributed by atoms with Crippen LogP contribution < -0.4 is 14.3 Å². The Kier molecular flexibility index (Phi) is 5.63. The highest BCUT2D eigenvalue weighted by Crippen LogP contribution is 2.27. The van der Waals surface area contributed by atoms with Gasteiger partial charge in [-0.25, -0.2) is 0 Å². The van der Waals surface area contributed by atoms with Crippen LogP contribution in [0.3, 0.4) is 0 Å². The lowest BCUT2D eigenvalue weighted by molar-refractivity contribution is 0.0998. The molecule has 0 saturated heterocycles. The van der Waals surface area contributed by atoms with Crippen molar-refractivity contribution in [3.8, 4) is 23.8 Å². The summed E-state index contributed by atoms with van der Waals surface area (Å²) >= 11 is 1.40. The molecule has 0 spiro atoms. The molecule has 0 unspecified atom stereocenters. The van der Waals surface area contributed by atoms with E-state index < -0.39 is 0 Å². The van der Waals surface area contributed by atoms with Gasteiger partial charge in [-0.3, -0.25) is 4.79 Å². The molecular weight excluding hydrogens is 360 g/mol. The van der Waals surface area contributed by atoms with Crippen LogP contribution in [0.4, 0.5) is 0 Å². The van der Waals surface area contributed by atoms with Gasteiger partial charge < -0.3 is 14.0 Å². The van der Waals surface area contributed by atoms with E-state index in [0.717, 1.165) is 16.0 Å². The number of carbonyl (C=O) groups excluding carboxylic acids is 1. The third-order valence-corrected chi connectivity index (χ3v) is 4.85. The van der Waals surface area contributed by atoms with Gasteiger partial charge >= 0.3 is 0 Å². The summed E-state index contributed by atoms with van der Waals surface area (Å²) in [6.07, 6.45) is 5.60. The molecule has 0 aliphatic heterocycles. The van der Waals surface area contributed by atoms with Crippen LogP contribution in [0.25, 0.3) is 10.2 Å². The smallest absolute Gasteiger partial charge is 0.279 e. The molecule has 27 heavy (non-hydrogen) atoms. The number of rotatable bonds is 5. The number of methoxy groups -OCH3 is 1. The summed E-state index contributed by atoms with van der Waals surface area (Å²) in [6.45, 7) is 4.20. The van der Waals surface area contributed by atoms with Crippen molar-refractivity contribution in [2.24, 2.45) is 4.99 Å². The minimum absolute atomic E-state index is 0.0764. The second-order valence-electron chi connectivity index (χ2n) is 6.09. The summed E-state index contributed by atoms with van der Waals surface area (Å²) < 4.78 is 13.8. The number of hydrogen-bond donors (Lipinski definition) is 0. The molecule has 0 N–H and O–H groups in total. The molecule has 1 aromatic heterocycles. The quantitative estimate of drug-likeness (QED) is 0.632. The molecule has 0 radical (unpaired) electrons. The van der Waals surface area contributed by atoms with Crippen LogP contribution in [0.2, 0.25) is 0 Å². The maximum absolute atomic E-state index is 12.6. The summed E-state index contributed by atoms with van der Waals surface area (Å²) in [5.74, 6) is 3.70. The zero-order chi connectivity index (χ0) is 19.4. The SMILES string of the molecule is C#CCn1c(=NC(=O)c2ccc(OC(C)C)cc2)sc2cccc(OC)c21. The maximum Gasteiger partial charge on any atom is 0.279 e. The van der Waals surface area contributed by atoms with Crippen molar-refractivity contribution in [1.82, 2.24) is 4.57 Å². The molecule has 0 saturated carbocycles. The van der Waals surface area contributed by atoms with Gasteiger partial charge in [0, 0.05) is 5.56 Å². The van der Waals surface area contributed by atoms with Crippen molar-refractivity contribution in [3.63, 3.8) is 0 Å². The molecule has 1 heterocycles. The molecule has 0 aliphatic carbocycles. The monoisotopic (exact) mass is 380 g/mol. The average Bonchev–Trinajstić information content (AvgIpc) is 2.99. The van der Waals surface area contributed by atoms with Gasteiger partial charge in [0.1, 0.15) is 17.0 Å². The van der Waals surface area contributed by atoms with E-state index in [9.17, 15) is 4.79 Å². The molecule has 138 valence electrons. The van der Waals surface area contributed by atoms with Crippen LogP contribution >= 0.6 is 11.3 Å². The van der Waals surface area contributed by atoms with Gasteiger partial charge in [0.05, 0.1) is 24.5 Å². The van der Waals surface area contributed by atoms with Gasteiger partial charge in [0.25, 0.3) is 5.91 Å². The van der Waals surface area contributed by atoms with Crippen LogP contribution in [-0.4, -0.2) is 23.7 Å². The molecule has 6 heteroatoms. The Hall–Kier alpha value is -3.04. The highest BCUT2D eigenvalue weighted by atomic mass is 32.1. The summed E-state index contributed by atoms with van der Waals surface area (Å²) in [7, 11) is 1.61. The number of terminal acetylenes is 1. The third-order valence-electron chi connectivity index (χ3n) is 3.80. The van der Waals surface area contributed by atoms with E-state index in [1.807, 2.05) is 36.6 Å². The zero-order valence-corrected chi connectivity index (χ0v) is 16.2. The highest BCUT2D eigenvalue weighted by molar-refractivity contribution is 7.16. The molecule has 0 fully saturated rings. The largest absolute Gasteiger partial charge is 0.495 e. The number of fused-ring (bicyclic) bond motifs is 1. The van der Waals surface area contributed by atoms with Crippen LogP contribution in [-0.2, 0) is 6.54 Å². The van der Waals surface area contributed by atoms with E-state index in [0.29, 0.717) is 22.7 Å². The Morgan fingerprint density at radius 1 is 1.26 bits per heavy atom. The Morgan fingerprint density at radius 2 is 2.00 bits per heavy atom. The van der Waals surface area contributed by atoms with Crippen LogP contribution in [0.15, 0.2) is 47.5 Å². The van der Waals surface area contributed by atoms with Gasteiger partial charge in [-0.1, -0.05) is 23.3 Å². The first-order chi connectivity index (χ1) is 13.0. The maximum atomic E-state index is 12.6. The van der Waals surface area contributed by atoms with Crippen LogP contribution in [0.1, 0.15) is 24.2 Å². The lowest BCUT2D eigenvalue weighted by Gasteiger charge is -2.09. The van der Waals surface area contributed by atoms with E-state index in [1.54, 1.807) is 31.4 Å². The van der Waals surface area contributed by atoms with Crippen molar-refractivity contribution in [1.29, 1.82) is 0 Å². The normalized spacial score (nSPS) is 11.6. The molecule has 0 aliphatic rings. The predicted octanol–water partition coefficient (Wildman–Crippen LogP) is 3.87. The number of thiazole rings is 1. The average molecular weight is 380 g/mol. The van der Waals surface area contributed by atoms with Crippen molar-refractivity contribution in [2.75, 3.05) is 7.11 Å². The van der Waals surface area contributed by atoms with Gasteiger partial charge in [-0.05, 0) is 50.2 Å². The second kappa shape index (κ2) is 8.11. The molecule has 3 aromatic rings. The fourth-order valence-electron chi connectivity index (χ4n) is 2.69. The van der Waals surface area contributed by atoms with E-state index in [2.05, 4.69) is 10.9 Å². The first kappa shape index (κ1) is 18.7. The first-order valence-electron chi connectivity index (χ1n) is 8.49. The molecule has 1 amide bonds. The summed E-state index contributed by atoms with van der Waals surface area (Å²) in [5.41, 5.74) is 1.33. The first-order valence-corrected chi connectivity index (χ1v) is 9.30. The minimum Gasteiger partial charge on any atom is -0.495 e. The molecule has 0 atom stereocenters. The van der Waals surface area contributed by atoms with Crippen molar-refractivity contribution in [2.45, 2.75) is 26.5 Å². The van der Waals surface area contributed by atoms with Gasteiger partial charge in [0.15, 0.2) is 4.80 Å². The number of amides is 1. The number of aromatic nitrogens is 1. The van der Waals surface area contributed by atoms with Crippen molar-refractivity contribution >= 4 is 27.5 Å². The Labute approximate surface area is 161 Å². The zero-order valence-electron chi connectivity index (χ0n) is 15.4. The standard InChI is InChI=1S/C21H20N2O3S/c1-5-13-23-19-17(25-4)7-6-8-18(19)27-21(23)22-20(24)15-9-11-16(12-10-15)26-14(2)3/h1,6-12,14H,13H2,2-4H3. The highest BCUT2D eigenvalue weighted by Gasteiger charge is 2.12. The number of carbonyl (C=O) groups is 1. The van der Waals surface area contributed by atoms with Gasteiger partial charge in [-0.15, -0.1) is 6.42 Å². The number of para-hydroxylation sites is 1. The second-order valence-corrected chi connectivity index (χ2v) is 7.10. The fourth-order valence-corrected chi connectivity index (χ4v) is 3.73. The van der Waals surface area contributed by atoms with Crippen LogP contribution in [0, 0.1) is 12.3 Å². The summed E-state index contributed by atoms with van der Waals surface area (Å²) in [5, 5.41) is 0. The number of ether oxygens (including phenoxy) is 2. The van der Waals surface area contributed by atoms with E-state index in [-0.39, 0.29) is 12.0 Å². The topological polar surface area (TPSA) is 52.8 Å². The molecule has 0 bridgehead atoms. The third kappa shape index (κ3) is 4.04. The Morgan fingerprint density at radius 3 is 2.63 bits per heavy atom. The van der Waals surface area contributed by atoms with E-state index >= 15 is 0 Å². The minimum atomic E-state index is -0.331. The van der Waals surface area contributed by atoms with Crippen molar-refractivity contribution in [3.05, 3.63) is 52.8 Å². The van der Waals surface area contributed by atoms with Crippen molar-refractivity contribution < 1.29 is 14.3 Å². The fraction of sp³-hybridized carbons (Fsp3) is 0.238. The Bertz CT molecular complexity index is 1070. The van der Waals surface area contributed by atoms with E-state index in [1.165, 1.54) is 11.3 Å². The number of nitrogens with zero attached hydrogens (tertiary/aromatic N) is 2. The van der Waals surface area contributed by atoms with E-state index in [4.69, 9.17) is 15.9 Å². The lowest BCUT2D eigenvalue weighted by atomic mass is 10.2. The van der Waals surface area contributed by atoms with Gasteiger partial charge in [-0.2, -0.15) is 4.99 Å². The molecule has 5 nitrogen and oxygen atoms in total. The molecule has 3 rings (SSSR count).